The summed E-state index contributed by atoms with van der Waals surface area (Å²) in [5.74, 6) is 2.27. The van der Waals surface area contributed by atoms with Crippen molar-refractivity contribution in [3.63, 3.8) is 0 Å². The van der Waals surface area contributed by atoms with E-state index in [1.165, 1.54) is 13.2 Å². The molecule has 3 N–H and O–H groups in total. The summed E-state index contributed by atoms with van der Waals surface area (Å²) in [7, 11) is 5.07. The summed E-state index contributed by atoms with van der Waals surface area (Å²) < 4.78 is 4.88. The molecule has 0 saturated heterocycles. The first kappa shape index (κ1) is 30.0. The Morgan fingerprint density at radius 1 is 1.12 bits per heavy atom. The number of aromatic hydroxyl groups is 2. The molecule has 0 fully saturated rings. The van der Waals surface area contributed by atoms with Crippen LogP contribution in [0.15, 0.2) is 54.7 Å². The molecular formula is C33H36N2O5S2. The van der Waals surface area contributed by atoms with Crippen LogP contribution in [0.2, 0.25) is 0 Å². The van der Waals surface area contributed by atoms with Crippen molar-refractivity contribution in [2.45, 2.75) is 50.2 Å². The Bertz CT molecular complexity index is 1510. The van der Waals surface area contributed by atoms with Crippen molar-refractivity contribution in [3.8, 4) is 17.2 Å². The number of aromatic nitrogens is 1. The van der Waals surface area contributed by atoms with Gasteiger partial charge < -0.3 is 20.3 Å². The lowest BCUT2D eigenvalue weighted by Gasteiger charge is -2.39. The van der Waals surface area contributed by atoms with Crippen LogP contribution in [-0.4, -0.2) is 46.2 Å². The second-order valence-corrected chi connectivity index (χ2v) is 13.5. The minimum atomic E-state index is -0.455. The third kappa shape index (κ3) is 6.63. The minimum absolute atomic E-state index is 0.00687. The summed E-state index contributed by atoms with van der Waals surface area (Å²) in [4.78, 5) is 30.2. The highest BCUT2D eigenvalue weighted by atomic mass is 33.1. The zero-order valence-corrected chi connectivity index (χ0v) is 25.5. The molecular weight excluding hydrogens is 569 g/mol. The summed E-state index contributed by atoms with van der Waals surface area (Å²) in [6.07, 6.45) is 8.18. The number of fused-ring (bicyclic) bond motifs is 2. The lowest BCUT2D eigenvalue weighted by atomic mass is 9.84. The van der Waals surface area contributed by atoms with Gasteiger partial charge in [0.2, 0.25) is 0 Å². The molecule has 220 valence electrons. The van der Waals surface area contributed by atoms with Crippen LogP contribution < -0.4 is 10.1 Å². The molecule has 2 aliphatic rings. The van der Waals surface area contributed by atoms with Crippen LogP contribution >= 0.6 is 21.6 Å². The first-order chi connectivity index (χ1) is 20.3. The highest BCUT2D eigenvalue weighted by molar-refractivity contribution is 8.77. The number of phenolic OH excluding ortho intramolecular Hbond substituents is 2. The molecule has 2 bridgehead atoms. The van der Waals surface area contributed by atoms with Gasteiger partial charge in [-0.25, -0.2) is 4.98 Å². The van der Waals surface area contributed by atoms with Crippen LogP contribution in [0.5, 0.6) is 17.2 Å². The number of Topliss-reactive ketones (excluding diaryl/α,β-unsaturated/α-hetero) is 1. The maximum atomic E-state index is 12.7. The van der Waals surface area contributed by atoms with Gasteiger partial charge in [-0.2, -0.15) is 0 Å². The van der Waals surface area contributed by atoms with E-state index in [0.717, 1.165) is 65.2 Å². The predicted octanol–water partition coefficient (Wildman–Crippen LogP) is 6.89. The van der Waals surface area contributed by atoms with Gasteiger partial charge in [-0.3, -0.25) is 9.59 Å². The quantitative estimate of drug-likeness (QED) is 0.217. The average Bonchev–Trinajstić information content (AvgIpc) is 2.98. The standard InChI is InChI=1S/C33H36N2O5S2/c1-3-21-7-9-27(37)18-28(38)10-8-23-16-31(40-2)30(39)15-24(23)13-22-14-29-32(35-19-22)34-12-11-33(29,42-41-20-21)25-5-4-6-26(36)17-25/h4-6,8,10,14-17,19,21,36,39H,3,7,9,11-13,18,20H2,1-2H3,(H,34,35)/b10-8+/t21-,33+/m1/s1. The van der Waals surface area contributed by atoms with Gasteiger partial charge in [-0.15, -0.1) is 0 Å². The van der Waals surface area contributed by atoms with Crippen LogP contribution in [0.3, 0.4) is 0 Å². The average molecular weight is 605 g/mol. The molecule has 0 saturated carbocycles. The van der Waals surface area contributed by atoms with Crippen molar-refractivity contribution in [1.82, 2.24) is 4.98 Å². The molecule has 0 spiro atoms. The number of pyridine rings is 1. The van der Waals surface area contributed by atoms with Crippen molar-refractivity contribution < 1.29 is 24.5 Å². The van der Waals surface area contributed by atoms with E-state index < -0.39 is 4.75 Å². The molecule has 2 aliphatic heterocycles. The van der Waals surface area contributed by atoms with Gasteiger partial charge in [0, 0.05) is 30.5 Å². The maximum absolute atomic E-state index is 12.7. The van der Waals surface area contributed by atoms with Crippen LogP contribution in [0.1, 0.15) is 66.8 Å². The van der Waals surface area contributed by atoms with Crippen LogP contribution in [0.25, 0.3) is 6.08 Å². The third-order valence-electron chi connectivity index (χ3n) is 8.03. The second kappa shape index (κ2) is 13.3. The first-order valence-electron chi connectivity index (χ1n) is 14.3. The van der Waals surface area contributed by atoms with Gasteiger partial charge in [0.15, 0.2) is 17.3 Å². The van der Waals surface area contributed by atoms with Gasteiger partial charge in [0.25, 0.3) is 0 Å². The lowest BCUT2D eigenvalue weighted by molar-refractivity contribution is -0.124. The number of ketones is 2. The Morgan fingerprint density at radius 2 is 1.98 bits per heavy atom. The Kier molecular flexibility index (Phi) is 9.48. The summed E-state index contributed by atoms with van der Waals surface area (Å²) in [5.41, 5.74) is 4.52. The van der Waals surface area contributed by atoms with Crippen molar-refractivity contribution in [2.75, 3.05) is 24.7 Å². The fourth-order valence-electron chi connectivity index (χ4n) is 5.58. The number of allylic oxidation sites excluding steroid dienone is 1. The second-order valence-electron chi connectivity index (χ2n) is 10.9. The van der Waals surface area contributed by atoms with Crippen molar-refractivity contribution >= 4 is 45.0 Å². The Morgan fingerprint density at radius 3 is 2.76 bits per heavy atom. The summed E-state index contributed by atoms with van der Waals surface area (Å²) in [6, 6.07) is 13.0. The number of hydrogen-bond donors (Lipinski definition) is 3. The zero-order valence-electron chi connectivity index (χ0n) is 23.9. The smallest absolute Gasteiger partial charge is 0.163 e. The molecule has 2 aromatic carbocycles. The summed E-state index contributed by atoms with van der Waals surface area (Å²) in [6.45, 7) is 2.88. The van der Waals surface area contributed by atoms with E-state index in [1.807, 2.05) is 18.3 Å². The van der Waals surface area contributed by atoms with Gasteiger partial charge in [-0.05, 0) is 83.8 Å². The molecule has 9 heteroatoms. The molecule has 3 aromatic rings. The molecule has 5 rings (SSSR count). The van der Waals surface area contributed by atoms with Crippen LogP contribution in [0.4, 0.5) is 5.82 Å². The number of carbonyl (C=O) groups is 2. The largest absolute Gasteiger partial charge is 0.508 e. The van der Waals surface area contributed by atoms with E-state index in [2.05, 4.69) is 24.4 Å². The van der Waals surface area contributed by atoms with Gasteiger partial charge >= 0.3 is 0 Å². The summed E-state index contributed by atoms with van der Waals surface area (Å²) >= 11 is 0. The predicted molar refractivity (Wildman–Crippen MR) is 170 cm³/mol. The number of ether oxygens (including phenoxy) is 1. The number of hydrogen-bond acceptors (Lipinski definition) is 9. The first-order valence-corrected chi connectivity index (χ1v) is 16.6. The zero-order chi connectivity index (χ0) is 29.7. The molecule has 2 atom stereocenters. The number of nitrogens with one attached hydrogen (secondary N) is 1. The lowest BCUT2D eigenvalue weighted by Crippen LogP contribution is -2.32. The van der Waals surface area contributed by atoms with E-state index in [4.69, 9.17) is 9.72 Å². The molecule has 0 radical (unpaired) electrons. The number of methoxy groups -OCH3 is 1. The Hall–Kier alpha value is -3.43. The molecule has 3 heterocycles. The molecule has 7 nitrogen and oxygen atoms in total. The molecule has 1 aromatic heterocycles. The van der Waals surface area contributed by atoms with Crippen molar-refractivity contribution in [3.05, 3.63) is 82.6 Å². The minimum Gasteiger partial charge on any atom is -0.508 e. The molecule has 42 heavy (non-hydrogen) atoms. The Labute approximate surface area is 254 Å². The van der Waals surface area contributed by atoms with Crippen molar-refractivity contribution in [2.24, 2.45) is 5.92 Å². The number of carbonyl (C=O) groups excluding carboxylic acids is 2. The number of anilines is 1. The third-order valence-corrected chi connectivity index (χ3v) is 11.3. The van der Waals surface area contributed by atoms with E-state index in [0.29, 0.717) is 24.5 Å². The normalized spacial score (nSPS) is 22.3. The van der Waals surface area contributed by atoms with Crippen LogP contribution in [-0.2, 0) is 20.8 Å². The number of benzene rings is 2. The van der Waals surface area contributed by atoms with Crippen molar-refractivity contribution in [1.29, 1.82) is 0 Å². The fourth-order valence-corrected chi connectivity index (χ4v) is 9.29. The SMILES string of the molecule is CC[C@@H]1CCC(=O)CC(=O)/C=C/c2cc(OC)c(O)cc2Cc2cnc3c(c2)[C@@](c2cccc(O)c2)(CCN3)SSC1. The number of phenols is 2. The highest BCUT2D eigenvalue weighted by Gasteiger charge is 2.41. The van der Waals surface area contributed by atoms with Gasteiger partial charge in [0.1, 0.15) is 17.4 Å². The highest BCUT2D eigenvalue weighted by Crippen LogP contribution is 2.55. The Balaban J connectivity index is 1.63. The molecule has 0 amide bonds. The van der Waals surface area contributed by atoms with Gasteiger partial charge in [0.05, 0.1) is 18.3 Å². The van der Waals surface area contributed by atoms with E-state index in [-0.39, 0.29) is 29.5 Å². The van der Waals surface area contributed by atoms with Crippen LogP contribution in [0, 0.1) is 5.92 Å². The van der Waals surface area contributed by atoms with E-state index in [1.54, 1.807) is 45.9 Å². The monoisotopic (exact) mass is 604 g/mol. The topological polar surface area (TPSA) is 109 Å². The molecule has 0 aliphatic carbocycles. The fraction of sp³-hybridized carbons (Fsp3) is 0.364. The van der Waals surface area contributed by atoms with E-state index in [9.17, 15) is 19.8 Å². The summed E-state index contributed by atoms with van der Waals surface area (Å²) in [5, 5.41) is 24.5. The maximum Gasteiger partial charge on any atom is 0.163 e. The number of rotatable bonds is 3. The number of nitrogens with zero attached hydrogens (tertiary/aromatic N) is 1. The van der Waals surface area contributed by atoms with Gasteiger partial charge in [-0.1, -0.05) is 53.1 Å². The van der Waals surface area contributed by atoms with E-state index >= 15 is 0 Å². The molecule has 0 unspecified atom stereocenters.